The topological polar surface area (TPSA) is 24.9 Å². The molecule has 2 fully saturated rings. The van der Waals surface area contributed by atoms with E-state index in [0.29, 0.717) is 6.79 Å². The summed E-state index contributed by atoms with van der Waals surface area (Å²) in [5.74, 6) is 1.76. The Kier molecular flexibility index (Phi) is 2.36. The van der Waals surface area contributed by atoms with E-state index in [4.69, 9.17) is 9.47 Å². The third kappa shape index (κ3) is 1.63. The third-order valence-electron chi connectivity index (χ3n) is 4.31. The van der Waals surface area contributed by atoms with Gasteiger partial charge in [-0.25, -0.2) is 0 Å². The predicted octanol–water partition coefficient (Wildman–Crippen LogP) is 1.70. The van der Waals surface area contributed by atoms with Crippen molar-refractivity contribution in [2.75, 3.05) is 37.9 Å². The first-order valence-electron chi connectivity index (χ1n) is 6.79. The second kappa shape index (κ2) is 4.05. The highest BCUT2D eigenvalue weighted by Crippen LogP contribution is 2.36. The van der Waals surface area contributed by atoms with Crippen molar-refractivity contribution in [1.29, 1.82) is 0 Å². The Morgan fingerprint density at radius 3 is 3.00 bits per heavy atom. The van der Waals surface area contributed by atoms with E-state index in [1.165, 1.54) is 31.6 Å². The van der Waals surface area contributed by atoms with E-state index < -0.39 is 0 Å². The molecule has 0 aromatic heterocycles. The van der Waals surface area contributed by atoms with E-state index in [9.17, 15) is 0 Å². The van der Waals surface area contributed by atoms with Gasteiger partial charge in [-0.3, -0.25) is 4.90 Å². The number of fused-ring (bicyclic) bond motifs is 2. The number of benzene rings is 1. The Balaban J connectivity index is 1.56. The lowest BCUT2D eigenvalue weighted by molar-refractivity contribution is 0.174. The van der Waals surface area contributed by atoms with Gasteiger partial charge in [0.2, 0.25) is 6.79 Å². The van der Waals surface area contributed by atoms with Crippen LogP contribution in [0.5, 0.6) is 11.5 Å². The van der Waals surface area contributed by atoms with Crippen LogP contribution < -0.4 is 14.4 Å². The maximum Gasteiger partial charge on any atom is 0.231 e. The molecule has 1 atom stereocenters. The van der Waals surface area contributed by atoms with Gasteiger partial charge in [-0.2, -0.15) is 0 Å². The fraction of sp³-hybridized carbons (Fsp3) is 0.571. The van der Waals surface area contributed by atoms with Gasteiger partial charge in [0, 0.05) is 37.4 Å². The lowest BCUT2D eigenvalue weighted by Gasteiger charge is -2.38. The standard InChI is InChI=1S/C14H18N2O2/c1-2-12-9-16(7-6-15(12)5-1)11-3-4-13-14(8-11)18-10-17-13/h3-4,8,12H,1-2,5-7,9-10H2. The number of ether oxygens (including phenoxy) is 2. The molecule has 3 aliphatic rings. The molecule has 3 heterocycles. The Morgan fingerprint density at radius 2 is 2.00 bits per heavy atom. The van der Waals surface area contributed by atoms with Crippen molar-refractivity contribution in [2.24, 2.45) is 0 Å². The van der Waals surface area contributed by atoms with Crippen LogP contribution in [-0.4, -0.2) is 43.9 Å². The molecule has 0 radical (unpaired) electrons. The zero-order valence-corrected chi connectivity index (χ0v) is 10.5. The fourth-order valence-corrected chi connectivity index (χ4v) is 3.31. The van der Waals surface area contributed by atoms with E-state index in [2.05, 4.69) is 21.9 Å². The van der Waals surface area contributed by atoms with Crippen LogP contribution in [0.1, 0.15) is 12.8 Å². The molecule has 0 N–H and O–H groups in total. The van der Waals surface area contributed by atoms with E-state index >= 15 is 0 Å². The van der Waals surface area contributed by atoms with Crippen LogP contribution in [0.2, 0.25) is 0 Å². The maximum absolute atomic E-state index is 5.46. The molecule has 0 saturated carbocycles. The monoisotopic (exact) mass is 246 g/mol. The van der Waals surface area contributed by atoms with Crippen molar-refractivity contribution in [2.45, 2.75) is 18.9 Å². The molecule has 0 bridgehead atoms. The van der Waals surface area contributed by atoms with Crippen LogP contribution in [0.4, 0.5) is 5.69 Å². The molecule has 4 nitrogen and oxygen atoms in total. The number of hydrogen-bond acceptors (Lipinski definition) is 4. The zero-order chi connectivity index (χ0) is 11.9. The first-order valence-corrected chi connectivity index (χ1v) is 6.79. The van der Waals surface area contributed by atoms with E-state index in [-0.39, 0.29) is 0 Å². The summed E-state index contributed by atoms with van der Waals surface area (Å²) < 4.78 is 10.8. The highest BCUT2D eigenvalue weighted by atomic mass is 16.7. The number of nitrogens with zero attached hydrogens (tertiary/aromatic N) is 2. The first-order chi connectivity index (χ1) is 8.90. The fourth-order valence-electron chi connectivity index (χ4n) is 3.31. The van der Waals surface area contributed by atoms with Gasteiger partial charge in [0.1, 0.15) is 0 Å². The number of hydrogen-bond donors (Lipinski definition) is 0. The molecule has 4 heteroatoms. The molecule has 1 unspecified atom stereocenters. The van der Waals surface area contributed by atoms with Crippen molar-refractivity contribution >= 4 is 5.69 Å². The summed E-state index contributed by atoms with van der Waals surface area (Å²) in [6.07, 6.45) is 2.71. The van der Waals surface area contributed by atoms with Crippen molar-refractivity contribution in [1.82, 2.24) is 4.90 Å². The minimum Gasteiger partial charge on any atom is -0.454 e. The molecule has 18 heavy (non-hydrogen) atoms. The first kappa shape index (κ1) is 10.5. The predicted molar refractivity (Wildman–Crippen MR) is 69.4 cm³/mol. The van der Waals surface area contributed by atoms with E-state index in [0.717, 1.165) is 30.6 Å². The number of piperazine rings is 1. The molecule has 3 aliphatic heterocycles. The Labute approximate surface area is 107 Å². The van der Waals surface area contributed by atoms with Crippen molar-refractivity contribution in [3.8, 4) is 11.5 Å². The van der Waals surface area contributed by atoms with Crippen LogP contribution in [0.25, 0.3) is 0 Å². The maximum atomic E-state index is 5.46. The van der Waals surface area contributed by atoms with Gasteiger partial charge in [-0.05, 0) is 31.5 Å². The lowest BCUT2D eigenvalue weighted by Crippen LogP contribution is -2.50. The molecule has 1 aromatic carbocycles. The van der Waals surface area contributed by atoms with Gasteiger partial charge < -0.3 is 14.4 Å². The number of anilines is 1. The Morgan fingerprint density at radius 1 is 1.06 bits per heavy atom. The molecular formula is C14H18N2O2. The van der Waals surface area contributed by atoms with Crippen LogP contribution in [0, 0.1) is 0 Å². The van der Waals surface area contributed by atoms with Gasteiger partial charge in [0.15, 0.2) is 11.5 Å². The van der Waals surface area contributed by atoms with Gasteiger partial charge in [-0.15, -0.1) is 0 Å². The normalized spacial score (nSPS) is 26.4. The third-order valence-corrected chi connectivity index (χ3v) is 4.31. The summed E-state index contributed by atoms with van der Waals surface area (Å²) in [5.41, 5.74) is 1.27. The average Bonchev–Trinajstić information content (AvgIpc) is 3.05. The van der Waals surface area contributed by atoms with E-state index in [1.807, 2.05) is 6.07 Å². The van der Waals surface area contributed by atoms with Gasteiger partial charge in [-0.1, -0.05) is 0 Å². The van der Waals surface area contributed by atoms with Gasteiger partial charge in [0.25, 0.3) is 0 Å². The highest BCUT2D eigenvalue weighted by molar-refractivity contribution is 5.57. The summed E-state index contributed by atoms with van der Waals surface area (Å²) in [7, 11) is 0. The summed E-state index contributed by atoms with van der Waals surface area (Å²) in [6.45, 7) is 5.11. The molecule has 0 aliphatic carbocycles. The van der Waals surface area contributed by atoms with Crippen LogP contribution in [-0.2, 0) is 0 Å². The van der Waals surface area contributed by atoms with Crippen LogP contribution in [0.3, 0.4) is 0 Å². The molecule has 0 amide bonds. The average molecular weight is 246 g/mol. The van der Waals surface area contributed by atoms with Gasteiger partial charge >= 0.3 is 0 Å². The molecule has 1 aromatic rings. The molecule has 4 rings (SSSR count). The van der Waals surface area contributed by atoms with Crippen molar-refractivity contribution in [3.63, 3.8) is 0 Å². The van der Waals surface area contributed by atoms with Crippen LogP contribution >= 0.6 is 0 Å². The summed E-state index contributed by atoms with van der Waals surface area (Å²) in [4.78, 5) is 5.11. The SMILES string of the molecule is c1cc2c(cc1N1CCN3CCCC3C1)OCO2. The molecule has 0 spiro atoms. The van der Waals surface area contributed by atoms with Crippen molar-refractivity contribution < 1.29 is 9.47 Å². The molecule has 96 valence electrons. The number of rotatable bonds is 1. The zero-order valence-electron chi connectivity index (χ0n) is 10.5. The smallest absolute Gasteiger partial charge is 0.231 e. The summed E-state index contributed by atoms with van der Waals surface area (Å²) >= 11 is 0. The minimum atomic E-state index is 0.356. The Hall–Kier alpha value is -1.42. The lowest BCUT2D eigenvalue weighted by atomic mass is 10.1. The summed E-state index contributed by atoms with van der Waals surface area (Å²) in [6, 6.07) is 7.05. The highest BCUT2D eigenvalue weighted by Gasteiger charge is 2.31. The van der Waals surface area contributed by atoms with Crippen LogP contribution in [0.15, 0.2) is 18.2 Å². The molecular weight excluding hydrogens is 228 g/mol. The summed E-state index contributed by atoms with van der Waals surface area (Å²) in [5, 5.41) is 0. The van der Waals surface area contributed by atoms with Crippen molar-refractivity contribution in [3.05, 3.63) is 18.2 Å². The van der Waals surface area contributed by atoms with Gasteiger partial charge in [0.05, 0.1) is 0 Å². The minimum absolute atomic E-state index is 0.356. The second-order valence-electron chi connectivity index (χ2n) is 5.32. The molecule has 2 saturated heterocycles. The Bertz CT molecular complexity index is 463. The quantitative estimate of drug-likeness (QED) is 0.753. The van der Waals surface area contributed by atoms with E-state index in [1.54, 1.807) is 0 Å². The second-order valence-corrected chi connectivity index (χ2v) is 5.32. The largest absolute Gasteiger partial charge is 0.454 e.